The molecule has 0 radical (unpaired) electrons. The van der Waals surface area contributed by atoms with Crippen molar-refractivity contribution in [1.82, 2.24) is 9.97 Å². The van der Waals surface area contributed by atoms with E-state index in [-0.39, 0.29) is 0 Å². The van der Waals surface area contributed by atoms with Crippen LogP contribution in [0.1, 0.15) is 25.0 Å². The molecule has 1 fully saturated rings. The summed E-state index contributed by atoms with van der Waals surface area (Å²) in [5.74, 6) is 0.683. The molecule has 0 N–H and O–H groups in total. The van der Waals surface area contributed by atoms with Gasteiger partial charge < -0.3 is 4.90 Å². The van der Waals surface area contributed by atoms with E-state index in [2.05, 4.69) is 20.9 Å². The van der Waals surface area contributed by atoms with Gasteiger partial charge in [-0.2, -0.15) is 5.26 Å². The molecule has 1 aromatic carbocycles. The molecule has 2 heterocycles. The van der Waals surface area contributed by atoms with E-state index in [0.717, 1.165) is 24.3 Å². The van der Waals surface area contributed by atoms with Crippen molar-refractivity contribution in [2.24, 2.45) is 0 Å². The summed E-state index contributed by atoms with van der Waals surface area (Å²) in [4.78, 5) is 11.2. The average molecular weight is 264 g/mol. The van der Waals surface area contributed by atoms with E-state index in [1.165, 1.54) is 19.3 Å². The summed E-state index contributed by atoms with van der Waals surface area (Å²) >= 11 is 0. The fourth-order valence-corrected chi connectivity index (χ4v) is 2.48. The third-order valence-electron chi connectivity index (χ3n) is 3.54. The largest absolute Gasteiger partial charge is 0.341 e. The summed E-state index contributed by atoms with van der Waals surface area (Å²) in [6.45, 7) is 1.95. The minimum atomic E-state index is 0.430. The van der Waals surface area contributed by atoms with Crippen molar-refractivity contribution >= 4 is 5.95 Å². The van der Waals surface area contributed by atoms with E-state index in [0.29, 0.717) is 11.6 Å². The van der Waals surface area contributed by atoms with Gasteiger partial charge in [-0.05, 0) is 19.3 Å². The van der Waals surface area contributed by atoms with Crippen LogP contribution in [0.4, 0.5) is 5.95 Å². The fourth-order valence-electron chi connectivity index (χ4n) is 2.48. The lowest BCUT2D eigenvalue weighted by molar-refractivity contribution is 0.568. The van der Waals surface area contributed by atoms with Gasteiger partial charge in [0.15, 0.2) is 0 Å². The van der Waals surface area contributed by atoms with Gasteiger partial charge in [0.05, 0.1) is 5.69 Å². The predicted molar refractivity (Wildman–Crippen MR) is 78.2 cm³/mol. The highest BCUT2D eigenvalue weighted by molar-refractivity contribution is 5.61. The van der Waals surface area contributed by atoms with E-state index in [1.807, 2.05) is 30.3 Å². The number of anilines is 1. The van der Waals surface area contributed by atoms with Gasteiger partial charge >= 0.3 is 0 Å². The number of nitriles is 1. The molecule has 1 aromatic heterocycles. The Morgan fingerprint density at radius 2 is 1.75 bits per heavy atom. The van der Waals surface area contributed by atoms with E-state index in [4.69, 9.17) is 0 Å². The summed E-state index contributed by atoms with van der Waals surface area (Å²) in [7, 11) is 0. The lowest BCUT2D eigenvalue weighted by atomic mass is 10.1. The van der Waals surface area contributed by atoms with Crippen LogP contribution in [-0.2, 0) is 0 Å². The Hall–Kier alpha value is -2.41. The molecule has 0 saturated carbocycles. The molecule has 0 amide bonds. The molecular formula is C16H16N4. The van der Waals surface area contributed by atoms with Crippen molar-refractivity contribution < 1.29 is 0 Å². The topological polar surface area (TPSA) is 52.8 Å². The van der Waals surface area contributed by atoms with Gasteiger partial charge in [0.1, 0.15) is 11.8 Å². The summed E-state index contributed by atoms with van der Waals surface area (Å²) < 4.78 is 0. The molecule has 1 aliphatic heterocycles. The first-order valence-corrected chi connectivity index (χ1v) is 6.96. The number of piperidine rings is 1. The first kappa shape index (κ1) is 12.6. The monoisotopic (exact) mass is 264 g/mol. The van der Waals surface area contributed by atoms with Crippen LogP contribution in [0.25, 0.3) is 11.3 Å². The van der Waals surface area contributed by atoms with Gasteiger partial charge in [-0.25, -0.2) is 9.97 Å². The second kappa shape index (κ2) is 5.70. The Bertz CT molecular complexity index is 625. The summed E-state index contributed by atoms with van der Waals surface area (Å²) in [6, 6.07) is 13.8. The van der Waals surface area contributed by atoms with Crippen molar-refractivity contribution in [3.8, 4) is 17.3 Å². The minimum absolute atomic E-state index is 0.430. The van der Waals surface area contributed by atoms with Crippen LogP contribution in [0.3, 0.4) is 0 Å². The van der Waals surface area contributed by atoms with Crippen molar-refractivity contribution in [2.75, 3.05) is 18.0 Å². The molecule has 2 aromatic rings. The molecule has 4 nitrogen and oxygen atoms in total. The maximum absolute atomic E-state index is 9.17. The Morgan fingerprint density at radius 1 is 1.00 bits per heavy atom. The molecule has 4 heteroatoms. The average Bonchev–Trinajstić information content (AvgIpc) is 2.56. The molecular weight excluding hydrogens is 248 g/mol. The van der Waals surface area contributed by atoms with E-state index < -0.39 is 0 Å². The molecule has 0 aliphatic carbocycles. The second-order valence-electron chi connectivity index (χ2n) is 4.96. The number of hydrogen-bond acceptors (Lipinski definition) is 4. The lowest BCUT2D eigenvalue weighted by Gasteiger charge is -2.26. The summed E-state index contributed by atoms with van der Waals surface area (Å²) in [6.07, 6.45) is 3.60. The van der Waals surface area contributed by atoms with Gasteiger partial charge in [0.2, 0.25) is 5.95 Å². The predicted octanol–water partition coefficient (Wildman–Crippen LogP) is 3.01. The molecule has 0 spiro atoms. The van der Waals surface area contributed by atoms with Crippen molar-refractivity contribution in [2.45, 2.75) is 19.3 Å². The van der Waals surface area contributed by atoms with Crippen LogP contribution < -0.4 is 4.90 Å². The Balaban J connectivity index is 2.01. The maximum Gasteiger partial charge on any atom is 0.227 e. The Labute approximate surface area is 118 Å². The van der Waals surface area contributed by atoms with Gasteiger partial charge in [0, 0.05) is 24.7 Å². The molecule has 3 rings (SSSR count). The maximum atomic E-state index is 9.17. The second-order valence-corrected chi connectivity index (χ2v) is 4.96. The highest BCUT2D eigenvalue weighted by Gasteiger charge is 2.15. The number of nitrogens with zero attached hydrogens (tertiary/aromatic N) is 4. The van der Waals surface area contributed by atoms with Crippen LogP contribution in [0, 0.1) is 11.3 Å². The Kier molecular flexibility index (Phi) is 3.60. The van der Waals surface area contributed by atoms with Gasteiger partial charge in [0.25, 0.3) is 0 Å². The van der Waals surface area contributed by atoms with Crippen LogP contribution >= 0.6 is 0 Å². The van der Waals surface area contributed by atoms with Crippen molar-refractivity contribution in [3.05, 3.63) is 42.1 Å². The van der Waals surface area contributed by atoms with Crippen LogP contribution in [0.15, 0.2) is 36.4 Å². The first-order chi connectivity index (χ1) is 9.86. The van der Waals surface area contributed by atoms with E-state index in [1.54, 1.807) is 6.07 Å². The SMILES string of the molecule is N#Cc1cc(-c2ccccc2)nc(N2CCCCC2)n1. The normalized spacial score (nSPS) is 14.8. The Morgan fingerprint density at radius 3 is 2.45 bits per heavy atom. The molecule has 0 atom stereocenters. The van der Waals surface area contributed by atoms with Crippen LogP contribution in [-0.4, -0.2) is 23.1 Å². The van der Waals surface area contributed by atoms with Gasteiger partial charge in [-0.1, -0.05) is 30.3 Å². The third-order valence-corrected chi connectivity index (χ3v) is 3.54. The molecule has 0 bridgehead atoms. The van der Waals surface area contributed by atoms with E-state index >= 15 is 0 Å². The number of rotatable bonds is 2. The first-order valence-electron chi connectivity index (χ1n) is 6.96. The number of hydrogen-bond donors (Lipinski definition) is 0. The van der Waals surface area contributed by atoms with Crippen LogP contribution in [0.5, 0.6) is 0 Å². The zero-order chi connectivity index (χ0) is 13.8. The smallest absolute Gasteiger partial charge is 0.227 e. The lowest BCUT2D eigenvalue weighted by Crippen LogP contribution is -2.31. The van der Waals surface area contributed by atoms with Gasteiger partial charge in [-0.3, -0.25) is 0 Å². The quantitative estimate of drug-likeness (QED) is 0.836. The summed E-state index contributed by atoms with van der Waals surface area (Å²) in [5.41, 5.74) is 2.27. The fraction of sp³-hybridized carbons (Fsp3) is 0.312. The molecule has 1 aliphatic rings. The number of benzene rings is 1. The molecule has 100 valence electrons. The molecule has 20 heavy (non-hydrogen) atoms. The summed E-state index contributed by atoms with van der Waals surface area (Å²) in [5, 5.41) is 9.17. The molecule has 1 saturated heterocycles. The highest BCUT2D eigenvalue weighted by atomic mass is 15.3. The zero-order valence-electron chi connectivity index (χ0n) is 11.3. The van der Waals surface area contributed by atoms with Crippen molar-refractivity contribution in [3.63, 3.8) is 0 Å². The molecule has 0 unspecified atom stereocenters. The van der Waals surface area contributed by atoms with E-state index in [9.17, 15) is 5.26 Å². The minimum Gasteiger partial charge on any atom is -0.341 e. The highest BCUT2D eigenvalue weighted by Crippen LogP contribution is 2.22. The number of aromatic nitrogens is 2. The van der Waals surface area contributed by atoms with Gasteiger partial charge in [-0.15, -0.1) is 0 Å². The van der Waals surface area contributed by atoms with Crippen LogP contribution in [0.2, 0.25) is 0 Å². The van der Waals surface area contributed by atoms with Crippen molar-refractivity contribution in [1.29, 1.82) is 5.26 Å². The zero-order valence-corrected chi connectivity index (χ0v) is 11.3. The standard InChI is InChI=1S/C16H16N4/c17-12-14-11-15(13-7-3-1-4-8-13)19-16(18-14)20-9-5-2-6-10-20/h1,3-4,7-8,11H,2,5-6,9-10H2. The third kappa shape index (κ3) is 2.62.